The van der Waals surface area contributed by atoms with Crippen LogP contribution < -0.4 is 9.47 Å². The van der Waals surface area contributed by atoms with Crippen molar-refractivity contribution in [1.82, 2.24) is 9.97 Å². The van der Waals surface area contributed by atoms with Crippen LogP contribution in [0, 0.1) is 0 Å². The van der Waals surface area contributed by atoms with E-state index in [2.05, 4.69) is 32.9 Å². The summed E-state index contributed by atoms with van der Waals surface area (Å²) in [7, 11) is 6.81. The second-order valence-corrected chi connectivity index (χ2v) is 9.60. The molecule has 0 saturated carbocycles. The molecule has 0 unspecified atom stereocenters. The van der Waals surface area contributed by atoms with Crippen LogP contribution in [0.1, 0.15) is 0 Å². The molecule has 0 aliphatic carbocycles. The monoisotopic (exact) mass is 444 g/mol. The van der Waals surface area contributed by atoms with E-state index in [4.69, 9.17) is 9.47 Å². The van der Waals surface area contributed by atoms with E-state index in [1.807, 2.05) is 24.3 Å². The number of rotatable bonds is 7. The summed E-state index contributed by atoms with van der Waals surface area (Å²) >= 11 is 3.37. The summed E-state index contributed by atoms with van der Waals surface area (Å²) < 4.78 is 10.7. The van der Waals surface area contributed by atoms with Gasteiger partial charge >= 0.3 is 0 Å². The third-order valence-electron chi connectivity index (χ3n) is 3.88. The summed E-state index contributed by atoms with van der Waals surface area (Å²) in [6, 6.07) is 11.9. The summed E-state index contributed by atoms with van der Waals surface area (Å²) in [6.07, 6.45) is 3.56. The first kappa shape index (κ1) is 19.3. The number of hydrogen-bond donors (Lipinski definition) is 0. The van der Waals surface area contributed by atoms with Gasteiger partial charge in [0.1, 0.15) is 11.5 Å². The third-order valence-corrected chi connectivity index (χ3v) is 8.46. The van der Waals surface area contributed by atoms with Crippen LogP contribution in [-0.4, -0.2) is 24.2 Å². The van der Waals surface area contributed by atoms with Crippen molar-refractivity contribution in [3.05, 3.63) is 59.6 Å². The predicted octanol–water partition coefficient (Wildman–Crippen LogP) is 6.75. The zero-order chi connectivity index (χ0) is 19.3. The average molecular weight is 445 g/mol. The van der Waals surface area contributed by atoms with E-state index >= 15 is 0 Å². The Morgan fingerprint density at radius 3 is 1.61 bits per heavy atom. The summed E-state index contributed by atoms with van der Waals surface area (Å²) in [4.78, 5) is 13.7. The molecule has 4 rings (SSSR count). The van der Waals surface area contributed by atoms with Crippen molar-refractivity contribution < 1.29 is 9.47 Å². The largest absolute Gasteiger partial charge is 0.497 e. The maximum atomic E-state index is 5.33. The van der Waals surface area contributed by atoms with Gasteiger partial charge in [-0.3, -0.25) is 9.97 Å². The molecule has 0 fully saturated rings. The minimum atomic E-state index is 0.811. The highest BCUT2D eigenvalue weighted by molar-refractivity contribution is 8.76. The number of ether oxygens (including phenoxy) is 2. The quantitative estimate of drug-likeness (QED) is 0.294. The molecule has 0 N–H and O–H groups in total. The van der Waals surface area contributed by atoms with Crippen LogP contribution in [0.15, 0.2) is 69.3 Å². The first-order valence-electron chi connectivity index (χ1n) is 8.29. The van der Waals surface area contributed by atoms with Crippen molar-refractivity contribution in [3.63, 3.8) is 0 Å². The van der Waals surface area contributed by atoms with Gasteiger partial charge in [-0.05, 0) is 35.0 Å². The molecular formula is C20H16N2O2S4. The van der Waals surface area contributed by atoms with E-state index in [1.54, 1.807) is 70.9 Å². The summed E-state index contributed by atoms with van der Waals surface area (Å²) in [5, 5.41) is 4.19. The van der Waals surface area contributed by atoms with Crippen molar-refractivity contribution in [2.75, 3.05) is 14.2 Å². The highest BCUT2D eigenvalue weighted by Crippen LogP contribution is 2.48. The van der Waals surface area contributed by atoms with Gasteiger partial charge in [-0.15, -0.1) is 22.7 Å². The lowest BCUT2D eigenvalue weighted by molar-refractivity contribution is 0.414. The summed E-state index contributed by atoms with van der Waals surface area (Å²) in [5.74, 6) is 1.62. The lowest BCUT2D eigenvalue weighted by Crippen LogP contribution is -1.86. The van der Waals surface area contributed by atoms with Crippen molar-refractivity contribution in [2.24, 2.45) is 0 Å². The maximum absolute atomic E-state index is 5.33. The van der Waals surface area contributed by atoms with Crippen LogP contribution in [0.4, 0.5) is 0 Å². The van der Waals surface area contributed by atoms with Crippen molar-refractivity contribution in [3.8, 4) is 32.6 Å². The van der Waals surface area contributed by atoms with E-state index < -0.39 is 0 Å². The van der Waals surface area contributed by atoms with E-state index in [1.165, 1.54) is 9.79 Å². The molecule has 0 atom stereocenters. The van der Waals surface area contributed by atoms with Gasteiger partial charge in [0.25, 0.3) is 0 Å². The molecule has 0 aliphatic heterocycles. The zero-order valence-electron chi connectivity index (χ0n) is 15.1. The number of pyridine rings is 2. The highest BCUT2D eigenvalue weighted by atomic mass is 33.1. The Morgan fingerprint density at radius 1 is 0.714 bits per heavy atom. The molecule has 0 bridgehead atoms. The fourth-order valence-corrected chi connectivity index (χ4v) is 7.21. The maximum Gasteiger partial charge on any atom is 0.122 e. The van der Waals surface area contributed by atoms with E-state index in [0.29, 0.717) is 0 Å². The number of methoxy groups -OCH3 is 2. The first-order valence-corrected chi connectivity index (χ1v) is 12.2. The van der Waals surface area contributed by atoms with Gasteiger partial charge in [-0.2, -0.15) is 0 Å². The Morgan fingerprint density at radius 2 is 1.18 bits per heavy atom. The molecule has 0 amide bonds. The zero-order valence-corrected chi connectivity index (χ0v) is 18.4. The molecule has 0 spiro atoms. The number of nitrogens with zero attached hydrogens (tertiary/aromatic N) is 2. The van der Waals surface area contributed by atoms with Crippen LogP contribution in [-0.2, 0) is 0 Å². The van der Waals surface area contributed by atoms with Gasteiger partial charge < -0.3 is 9.47 Å². The molecule has 142 valence electrons. The Kier molecular flexibility index (Phi) is 6.21. The van der Waals surface area contributed by atoms with E-state index in [-0.39, 0.29) is 0 Å². The average Bonchev–Trinajstić information content (AvgIpc) is 3.41. The topological polar surface area (TPSA) is 44.2 Å². The fourth-order valence-electron chi connectivity index (χ4n) is 2.51. The van der Waals surface area contributed by atoms with Crippen LogP contribution in [0.25, 0.3) is 21.1 Å². The standard InChI is InChI=1S/C20H16N2O2S4/c1-23-13-3-7-21-15(11-13)19-17(5-9-25-19)27-28-18-6-10-26-20(18)16-12-14(24-2)4-8-22-16/h3-12H,1-2H3. The molecule has 0 radical (unpaired) electrons. The normalized spacial score (nSPS) is 10.8. The van der Waals surface area contributed by atoms with Gasteiger partial charge in [-0.25, -0.2) is 0 Å². The highest BCUT2D eigenvalue weighted by Gasteiger charge is 2.14. The number of aromatic nitrogens is 2. The fraction of sp³-hybridized carbons (Fsp3) is 0.100. The van der Waals surface area contributed by atoms with Crippen molar-refractivity contribution >= 4 is 44.3 Å². The molecule has 0 aliphatic rings. The minimum absolute atomic E-state index is 0.811. The van der Waals surface area contributed by atoms with Crippen LogP contribution in [0.5, 0.6) is 11.5 Å². The Hall–Kier alpha value is -2.00. The first-order chi connectivity index (χ1) is 13.8. The van der Waals surface area contributed by atoms with Gasteiger partial charge in [0.05, 0.1) is 35.4 Å². The van der Waals surface area contributed by atoms with Crippen molar-refractivity contribution in [2.45, 2.75) is 9.79 Å². The van der Waals surface area contributed by atoms with E-state index in [9.17, 15) is 0 Å². The predicted molar refractivity (Wildman–Crippen MR) is 120 cm³/mol. The Balaban J connectivity index is 1.55. The molecule has 28 heavy (non-hydrogen) atoms. The number of thiophene rings is 2. The van der Waals surface area contributed by atoms with Crippen LogP contribution >= 0.6 is 44.3 Å². The third kappa shape index (κ3) is 4.20. The molecular weight excluding hydrogens is 429 g/mol. The summed E-state index contributed by atoms with van der Waals surface area (Å²) in [6.45, 7) is 0. The molecule has 4 nitrogen and oxygen atoms in total. The summed E-state index contributed by atoms with van der Waals surface area (Å²) in [5.41, 5.74) is 1.86. The second-order valence-electron chi connectivity index (χ2n) is 5.56. The number of hydrogen-bond acceptors (Lipinski definition) is 8. The smallest absolute Gasteiger partial charge is 0.122 e. The lowest BCUT2D eigenvalue weighted by atomic mass is 10.3. The van der Waals surface area contributed by atoms with E-state index in [0.717, 1.165) is 32.6 Å². The van der Waals surface area contributed by atoms with Gasteiger partial charge in [0.2, 0.25) is 0 Å². The molecule has 0 saturated heterocycles. The van der Waals surface area contributed by atoms with Gasteiger partial charge in [-0.1, -0.05) is 21.6 Å². The second kappa shape index (κ2) is 9.00. The minimum Gasteiger partial charge on any atom is -0.497 e. The SMILES string of the molecule is COc1ccnc(-c2sccc2SSc2ccsc2-c2cc(OC)ccn2)c1. The molecule has 8 heteroatoms. The Bertz CT molecular complexity index is 992. The lowest BCUT2D eigenvalue weighted by Gasteiger charge is -2.06. The molecule has 4 aromatic heterocycles. The van der Waals surface area contributed by atoms with Crippen LogP contribution in [0.3, 0.4) is 0 Å². The van der Waals surface area contributed by atoms with Gasteiger partial charge in [0.15, 0.2) is 0 Å². The Labute approximate surface area is 179 Å². The molecule has 4 aromatic rings. The van der Waals surface area contributed by atoms with Gasteiger partial charge in [0, 0.05) is 34.3 Å². The molecule has 0 aromatic carbocycles. The van der Waals surface area contributed by atoms with Crippen molar-refractivity contribution in [1.29, 1.82) is 0 Å². The van der Waals surface area contributed by atoms with Crippen LogP contribution in [0.2, 0.25) is 0 Å². The molecule has 4 heterocycles.